The van der Waals surface area contributed by atoms with E-state index in [1.165, 1.54) is 6.20 Å². The van der Waals surface area contributed by atoms with Gasteiger partial charge in [-0.05, 0) is 60.9 Å². The summed E-state index contributed by atoms with van der Waals surface area (Å²) in [6.07, 6.45) is 3.01. The molecule has 5 aliphatic rings. The fourth-order valence-electron chi connectivity index (χ4n) is 6.56. The van der Waals surface area contributed by atoms with Gasteiger partial charge in [0.1, 0.15) is 36.2 Å². The standard InChI is InChI=1S/C25H27N3O4.C14H10BrN3O3/c1-23(2,3)12-30-17-10-19-21(27-11-17)32-20-6-5-16(7-8-24(4)13-29-14-24)9-18(20)25(19)15-31-22(26)28-25;15-7-1-2-11-9(3-7)14(6-20-13(16)18-14)10-4-8(19)5-17-12(10)21-11/h5-6,9-11H,12-15H2,1-4H3,(H2,26,28);1-5,19H,6H2,(H2,16,18)/t25-;14-/m00/s1. The van der Waals surface area contributed by atoms with Crippen molar-refractivity contribution in [2.75, 3.05) is 33.0 Å². The third kappa shape index (κ3) is 6.34. The number of halogens is 1. The molecular formula is C39H37BrN6O7. The number of hydrogen-bond donors (Lipinski definition) is 3. The molecule has 9 rings (SSSR count). The summed E-state index contributed by atoms with van der Waals surface area (Å²) in [6.45, 7) is 10.8. The quantitative estimate of drug-likeness (QED) is 0.209. The number of aromatic hydroxyl groups is 1. The molecule has 2 aromatic carbocycles. The lowest BCUT2D eigenvalue weighted by Gasteiger charge is -2.33. The Labute approximate surface area is 314 Å². The molecule has 0 saturated carbocycles. The van der Waals surface area contributed by atoms with Gasteiger partial charge in [-0.1, -0.05) is 48.5 Å². The third-order valence-corrected chi connectivity index (χ3v) is 9.75. The van der Waals surface area contributed by atoms with Crippen LogP contribution < -0.4 is 25.7 Å². The summed E-state index contributed by atoms with van der Waals surface area (Å²) in [5, 5.41) is 9.75. The lowest BCUT2D eigenvalue weighted by molar-refractivity contribution is -0.0648. The van der Waals surface area contributed by atoms with Gasteiger partial charge in [0, 0.05) is 21.2 Å². The topological polar surface area (TPSA) is 178 Å². The highest BCUT2D eigenvalue weighted by atomic mass is 79.9. The van der Waals surface area contributed by atoms with Gasteiger partial charge in [-0.3, -0.25) is 0 Å². The van der Waals surface area contributed by atoms with Gasteiger partial charge in [-0.15, -0.1) is 0 Å². The van der Waals surface area contributed by atoms with Crippen LogP contribution >= 0.6 is 15.9 Å². The minimum absolute atomic E-state index is 0.0193. The number of nitrogens with two attached hydrogens (primary N) is 2. The highest BCUT2D eigenvalue weighted by molar-refractivity contribution is 9.10. The van der Waals surface area contributed by atoms with E-state index in [0.717, 1.165) is 26.7 Å². The number of ether oxygens (including phenoxy) is 6. The van der Waals surface area contributed by atoms with E-state index in [1.54, 1.807) is 12.3 Å². The highest BCUT2D eigenvalue weighted by Gasteiger charge is 2.49. The molecule has 5 N–H and O–H groups in total. The normalized spacial score (nSPS) is 22.2. The number of hydrogen-bond acceptors (Lipinski definition) is 13. The minimum Gasteiger partial charge on any atom is -0.506 e. The van der Waals surface area contributed by atoms with Crippen LogP contribution in [0.4, 0.5) is 0 Å². The second-order valence-corrected chi connectivity index (χ2v) is 15.9. The first kappa shape index (κ1) is 34.6. The molecular weight excluding hydrogens is 744 g/mol. The molecule has 2 aromatic heterocycles. The van der Waals surface area contributed by atoms with E-state index in [2.05, 4.69) is 70.4 Å². The number of fused-ring (bicyclic) bond motifs is 8. The van der Waals surface area contributed by atoms with Crippen LogP contribution in [-0.2, 0) is 25.3 Å². The molecule has 1 fully saturated rings. The third-order valence-electron chi connectivity index (χ3n) is 9.26. The number of rotatable bonds is 2. The summed E-state index contributed by atoms with van der Waals surface area (Å²) in [6, 6.07) is 15.2. The van der Waals surface area contributed by atoms with Crippen molar-refractivity contribution in [2.24, 2.45) is 32.3 Å². The Morgan fingerprint density at radius 1 is 0.811 bits per heavy atom. The molecule has 2 atom stereocenters. The molecule has 0 bridgehead atoms. The van der Waals surface area contributed by atoms with Crippen LogP contribution in [0.1, 0.15) is 55.5 Å². The van der Waals surface area contributed by atoms with Crippen molar-refractivity contribution in [3.8, 4) is 46.6 Å². The number of aliphatic imine (C=N–C) groups is 2. The zero-order valence-electron chi connectivity index (χ0n) is 29.5. The first-order chi connectivity index (χ1) is 25.2. The Kier molecular flexibility index (Phi) is 8.19. The van der Waals surface area contributed by atoms with Crippen molar-refractivity contribution in [1.82, 2.24) is 9.97 Å². The van der Waals surface area contributed by atoms with Crippen molar-refractivity contribution < 1.29 is 33.5 Å². The zero-order chi connectivity index (χ0) is 37.2. The van der Waals surface area contributed by atoms with Gasteiger partial charge in [-0.2, -0.15) is 0 Å². The van der Waals surface area contributed by atoms with Gasteiger partial charge in [0.25, 0.3) is 12.0 Å². The van der Waals surface area contributed by atoms with E-state index in [1.807, 2.05) is 42.5 Å². The first-order valence-corrected chi connectivity index (χ1v) is 17.7. The van der Waals surface area contributed by atoms with Gasteiger partial charge < -0.3 is 45.0 Å². The SMILES string of the molecule is CC(C)(C)COc1cnc2c(c1)[C@]1(COC(N)=N1)c1cc(C#CC3(C)COC3)ccc1O2.NC1=N[C@@]2(CO1)c1cc(Br)ccc1Oc1ncc(O)cc12. The molecule has 1 saturated heterocycles. The predicted octanol–water partition coefficient (Wildman–Crippen LogP) is 5.83. The average molecular weight is 782 g/mol. The Hall–Kier alpha value is -5.52. The van der Waals surface area contributed by atoms with Crippen molar-refractivity contribution in [1.29, 1.82) is 0 Å². The predicted molar refractivity (Wildman–Crippen MR) is 198 cm³/mol. The van der Waals surface area contributed by atoms with Crippen LogP contribution in [0, 0.1) is 22.7 Å². The Morgan fingerprint density at radius 2 is 1.42 bits per heavy atom. The Bertz CT molecular complexity index is 2220. The van der Waals surface area contributed by atoms with Gasteiger partial charge >= 0.3 is 0 Å². The van der Waals surface area contributed by atoms with Crippen LogP contribution in [0.25, 0.3) is 0 Å². The average Bonchev–Trinajstić information content (AvgIpc) is 3.70. The van der Waals surface area contributed by atoms with Crippen LogP contribution in [0.5, 0.6) is 34.8 Å². The molecule has 0 unspecified atom stereocenters. The lowest BCUT2D eigenvalue weighted by Crippen LogP contribution is -2.38. The van der Waals surface area contributed by atoms with E-state index >= 15 is 0 Å². The monoisotopic (exact) mass is 780 g/mol. The smallest absolute Gasteiger partial charge is 0.283 e. The second-order valence-electron chi connectivity index (χ2n) is 15.0. The molecule has 53 heavy (non-hydrogen) atoms. The van der Waals surface area contributed by atoms with Crippen LogP contribution in [-0.4, -0.2) is 60.2 Å². The van der Waals surface area contributed by atoms with Gasteiger partial charge in [0.15, 0.2) is 11.1 Å². The van der Waals surface area contributed by atoms with Crippen molar-refractivity contribution >= 4 is 28.0 Å². The van der Waals surface area contributed by atoms with Crippen LogP contribution in [0.3, 0.4) is 0 Å². The van der Waals surface area contributed by atoms with Crippen LogP contribution in [0.2, 0.25) is 0 Å². The van der Waals surface area contributed by atoms with Gasteiger partial charge in [0.2, 0.25) is 11.8 Å². The van der Waals surface area contributed by atoms with Crippen molar-refractivity contribution in [3.05, 3.63) is 93.2 Å². The summed E-state index contributed by atoms with van der Waals surface area (Å²) < 4.78 is 35.2. The van der Waals surface area contributed by atoms with E-state index in [9.17, 15) is 5.11 Å². The number of pyridine rings is 2. The lowest BCUT2D eigenvalue weighted by atomic mass is 9.81. The maximum Gasteiger partial charge on any atom is 0.283 e. The molecule has 0 aliphatic carbocycles. The van der Waals surface area contributed by atoms with Crippen molar-refractivity contribution in [3.63, 3.8) is 0 Å². The van der Waals surface area contributed by atoms with Gasteiger partial charge in [-0.25, -0.2) is 20.0 Å². The molecule has 0 amide bonds. The molecule has 2 spiro atoms. The summed E-state index contributed by atoms with van der Waals surface area (Å²) in [4.78, 5) is 17.8. The molecule has 14 heteroatoms. The largest absolute Gasteiger partial charge is 0.506 e. The Balaban J connectivity index is 0.000000164. The number of amidine groups is 2. The van der Waals surface area contributed by atoms with E-state index in [-0.39, 0.29) is 41.8 Å². The molecule has 5 aliphatic heterocycles. The number of benzene rings is 2. The summed E-state index contributed by atoms with van der Waals surface area (Å²) in [7, 11) is 0. The molecule has 0 radical (unpaired) electrons. The van der Waals surface area contributed by atoms with Crippen LogP contribution in [0.15, 0.2) is 75.4 Å². The minimum atomic E-state index is -0.859. The van der Waals surface area contributed by atoms with E-state index < -0.39 is 11.1 Å². The summed E-state index contributed by atoms with van der Waals surface area (Å²) in [5.74, 6) is 9.47. The summed E-state index contributed by atoms with van der Waals surface area (Å²) in [5.41, 5.74) is 13.9. The molecule has 272 valence electrons. The van der Waals surface area contributed by atoms with Crippen molar-refractivity contribution in [2.45, 2.75) is 38.8 Å². The molecule has 13 nitrogen and oxygen atoms in total. The number of nitrogens with zero attached hydrogens (tertiary/aromatic N) is 4. The van der Waals surface area contributed by atoms with E-state index in [4.69, 9.17) is 44.9 Å². The molecule has 7 heterocycles. The maximum atomic E-state index is 9.75. The maximum absolute atomic E-state index is 9.75. The highest BCUT2D eigenvalue weighted by Crippen LogP contribution is 2.52. The van der Waals surface area contributed by atoms with E-state index in [0.29, 0.717) is 54.4 Å². The Morgan fingerprint density at radius 3 is 2.00 bits per heavy atom. The summed E-state index contributed by atoms with van der Waals surface area (Å²) >= 11 is 3.45. The first-order valence-electron chi connectivity index (χ1n) is 16.9. The van der Waals surface area contributed by atoms with Gasteiger partial charge in [0.05, 0.1) is 48.8 Å². The fourth-order valence-corrected chi connectivity index (χ4v) is 6.92. The fraction of sp³-hybridized carbons (Fsp3) is 0.333. The second kappa shape index (κ2) is 12.6. The molecule has 4 aromatic rings. The zero-order valence-corrected chi connectivity index (χ0v) is 31.1. The number of aromatic nitrogens is 2.